The summed E-state index contributed by atoms with van der Waals surface area (Å²) in [5, 5.41) is 13.6. The van der Waals surface area contributed by atoms with Crippen molar-refractivity contribution in [2.45, 2.75) is 51.4 Å². The third kappa shape index (κ3) is 3.17. The number of thiophene rings is 1. The van der Waals surface area contributed by atoms with Crippen LogP contribution in [0.1, 0.15) is 49.0 Å². The maximum Gasteiger partial charge on any atom is 0.332 e. The van der Waals surface area contributed by atoms with Gasteiger partial charge in [0.05, 0.1) is 5.56 Å². The second-order valence-electron chi connectivity index (χ2n) is 8.12. The van der Waals surface area contributed by atoms with Gasteiger partial charge in [-0.15, -0.1) is 11.3 Å². The van der Waals surface area contributed by atoms with Crippen molar-refractivity contribution < 1.29 is 14.7 Å². The molecule has 0 aromatic carbocycles. The van der Waals surface area contributed by atoms with Crippen molar-refractivity contribution in [1.29, 1.82) is 0 Å². The molecule has 1 fully saturated rings. The van der Waals surface area contributed by atoms with E-state index < -0.39 is 5.97 Å². The van der Waals surface area contributed by atoms with E-state index in [9.17, 15) is 14.7 Å². The number of amides is 1. The van der Waals surface area contributed by atoms with Crippen molar-refractivity contribution in [3.05, 3.63) is 40.0 Å². The number of hydrogen-bond acceptors (Lipinski definition) is 5. The molecular formula is C22H23N3O3S. The molecule has 2 aromatic rings. The molecule has 1 saturated carbocycles. The maximum absolute atomic E-state index is 13.3. The van der Waals surface area contributed by atoms with E-state index in [2.05, 4.69) is 15.3 Å². The predicted octanol–water partition coefficient (Wildman–Crippen LogP) is 4.22. The van der Waals surface area contributed by atoms with E-state index in [0.717, 1.165) is 61.9 Å². The molecule has 4 aliphatic rings. The Labute approximate surface area is 173 Å². The number of fused-ring (bicyclic) bond motifs is 3. The lowest BCUT2D eigenvalue weighted by Crippen LogP contribution is -2.35. The van der Waals surface area contributed by atoms with Gasteiger partial charge in [0.1, 0.15) is 5.00 Å². The lowest BCUT2D eigenvalue weighted by atomic mass is 9.66. The first-order valence-electron chi connectivity index (χ1n) is 10.3. The minimum atomic E-state index is -0.943. The first kappa shape index (κ1) is 18.5. The third-order valence-electron chi connectivity index (χ3n) is 6.50. The minimum Gasteiger partial charge on any atom is -0.478 e. The second-order valence-corrected chi connectivity index (χ2v) is 9.23. The number of anilines is 1. The van der Waals surface area contributed by atoms with Crippen molar-refractivity contribution in [3.63, 3.8) is 0 Å². The summed E-state index contributed by atoms with van der Waals surface area (Å²) >= 11 is 1.60. The molecule has 1 amide bonds. The molecule has 29 heavy (non-hydrogen) atoms. The van der Waals surface area contributed by atoms with Gasteiger partial charge in [-0.05, 0) is 74.8 Å². The van der Waals surface area contributed by atoms with E-state index in [4.69, 9.17) is 0 Å². The summed E-state index contributed by atoms with van der Waals surface area (Å²) in [6, 6.07) is 1.78. The summed E-state index contributed by atoms with van der Waals surface area (Å²) in [5.74, 6) is -0.516. The SMILES string of the molecule is O=C(O)C1=C(C(=O)Nc2sc3c(c2-c2ncccn2)CCCC3)C2CCC1CC2. The Kier molecular flexibility index (Phi) is 4.70. The molecule has 2 N–H and O–H groups in total. The van der Waals surface area contributed by atoms with Gasteiger partial charge in [-0.3, -0.25) is 4.79 Å². The summed E-state index contributed by atoms with van der Waals surface area (Å²) in [4.78, 5) is 35.3. The smallest absolute Gasteiger partial charge is 0.332 e. The van der Waals surface area contributed by atoms with Gasteiger partial charge in [-0.2, -0.15) is 0 Å². The number of carboxylic acid groups (broad SMARTS) is 1. The largest absolute Gasteiger partial charge is 0.478 e. The molecule has 2 aromatic heterocycles. The number of nitrogens with zero attached hydrogens (tertiary/aromatic N) is 2. The number of rotatable bonds is 4. The Morgan fingerprint density at radius 2 is 1.66 bits per heavy atom. The molecule has 2 heterocycles. The molecule has 0 spiro atoms. The number of aromatic nitrogens is 2. The van der Waals surface area contributed by atoms with Crippen molar-refractivity contribution in [2.24, 2.45) is 11.8 Å². The zero-order valence-corrected chi connectivity index (χ0v) is 16.9. The number of aliphatic carboxylic acids is 1. The third-order valence-corrected chi connectivity index (χ3v) is 7.70. The van der Waals surface area contributed by atoms with E-state index in [-0.39, 0.29) is 17.7 Å². The lowest BCUT2D eigenvalue weighted by molar-refractivity contribution is -0.134. The van der Waals surface area contributed by atoms with Gasteiger partial charge >= 0.3 is 5.97 Å². The molecule has 0 aliphatic heterocycles. The van der Waals surface area contributed by atoms with E-state index >= 15 is 0 Å². The lowest BCUT2D eigenvalue weighted by Gasteiger charge is -2.37. The average Bonchev–Trinajstić information content (AvgIpc) is 3.12. The molecule has 0 saturated heterocycles. The van der Waals surface area contributed by atoms with Crippen LogP contribution in [0.4, 0.5) is 5.00 Å². The first-order chi connectivity index (χ1) is 14.1. The van der Waals surface area contributed by atoms with Gasteiger partial charge in [-0.1, -0.05) is 0 Å². The number of hydrogen-bond donors (Lipinski definition) is 2. The average molecular weight is 410 g/mol. The second kappa shape index (κ2) is 7.37. The molecule has 0 unspecified atom stereocenters. The van der Waals surface area contributed by atoms with Crippen LogP contribution in [0.25, 0.3) is 11.4 Å². The fourth-order valence-electron chi connectivity index (χ4n) is 5.20. The Morgan fingerprint density at radius 1 is 1.00 bits per heavy atom. The summed E-state index contributed by atoms with van der Waals surface area (Å²) in [6.07, 6.45) is 11.2. The Balaban J connectivity index is 1.56. The van der Waals surface area contributed by atoms with Crippen LogP contribution in [0.2, 0.25) is 0 Å². The van der Waals surface area contributed by atoms with Crippen molar-refractivity contribution in [2.75, 3.05) is 5.32 Å². The van der Waals surface area contributed by atoms with E-state index in [1.807, 2.05) is 0 Å². The van der Waals surface area contributed by atoms with Gasteiger partial charge < -0.3 is 10.4 Å². The monoisotopic (exact) mass is 409 g/mol. The zero-order chi connectivity index (χ0) is 20.0. The highest BCUT2D eigenvalue weighted by Gasteiger charge is 2.41. The van der Waals surface area contributed by atoms with Crippen LogP contribution < -0.4 is 5.32 Å². The topological polar surface area (TPSA) is 92.2 Å². The predicted molar refractivity (Wildman–Crippen MR) is 111 cm³/mol. The molecule has 150 valence electrons. The summed E-state index contributed by atoms with van der Waals surface area (Å²) in [7, 11) is 0. The quantitative estimate of drug-likeness (QED) is 0.789. The van der Waals surface area contributed by atoms with Crippen LogP contribution >= 0.6 is 11.3 Å². The number of aryl methyl sites for hydroxylation is 1. The fourth-order valence-corrected chi connectivity index (χ4v) is 6.48. The molecule has 0 radical (unpaired) electrons. The van der Waals surface area contributed by atoms with Gasteiger partial charge in [-0.25, -0.2) is 14.8 Å². The molecule has 4 aliphatic carbocycles. The van der Waals surface area contributed by atoms with Crippen molar-refractivity contribution in [1.82, 2.24) is 9.97 Å². The van der Waals surface area contributed by atoms with Crippen molar-refractivity contribution >= 4 is 28.2 Å². The van der Waals surface area contributed by atoms with Gasteiger partial charge in [0.15, 0.2) is 5.82 Å². The number of carbonyl (C=O) groups is 2. The highest BCUT2D eigenvalue weighted by Crippen LogP contribution is 2.47. The van der Waals surface area contributed by atoms with Gasteiger partial charge in [0.25, 0.3) is 5.91 Å². The van der Waals surface area contributed by atoms with E-state index in [1.54, 1.807) is 29.8 Å². The van der Waals surface area contributed by atoms with E-state index in [1.165, 1.54) is 10.4 Å². The zero-order valence-electron chi connectivity index (χ0n) is 16.1. The molecule has 0 atom stereocenters. The van der Waals surface area contributed by atoms with Crippen LogP contribution in [0.3, 0.4) is 0 Å². The highest BCUT2D eigenvalue weighted by atomic mass is 32.1. The van der Waals surface area contributed by atoms with Gasteiger partial charge in [0.2, 0.25) is 0 Å². The molecule has 6 nitrogen and oxygen atoms in total. The summed E-state index contributed by atoms with van der Waals surface area (Å²) in [6.45, 7) is 0. The molecule has 2 bridgehead atoms. The normalized spacial score (nSPS) is 23.0. The van der Waals surface area contributed by atoms with Crippen molar-refractivity contribution in [3.8, 4) is 11.4 Å². The van der Waals surface area contributed by atoms with Gasteiger partial charge in [0, 0.05) is 28.4 Å². The number of nitrogens with one attached hydrogen (secondary N) is 1. The number of carboxylic acids is 1. The summed E-state index contributed by atoms with van der Waals surface area (Å²) < 4.78 is 0. The fraction of sp³-hybridized carbons (Fsp3) is 0.455. The van der Waals surface area contributed by atoms with Crippen LogP contribution in [0.15, 0.2) is 29.6 Å². The van der Waals surface area contributed by atoms with Crippen LogP contribution in [0.5, 0.6) is 0 Å². The standard InChI is InChI=1S/C22H23N3O3S/c26-20(16-12-6-8-13(9-7-12)17(16)22(27)28)25-21-18(19-23-10-3-11-24-19)14-4-1-2-5-15(14)29-21/h3,10-13H,1-2,4-9H2,(H,25,26)(H,27,28). The van der Waals surface area contributed by atoms with Crippen LogP contribution in [0, 0.1) is 11.8 Å². The van der Waals surface area contributed by atoms with E-state index in [0.29, 0.717) is 17.0 Å². The Bertz CT molecular complexity index is 1000. The Hall–Kier alpha value is -2.54. The maximum atomic E-state index is 13.3. The molecule has 6 rings (SSSR count). The first-order valence-corrected chi connectivity index (χ1v) is 11.2. The molecular weight excluding hydrogens is 386 g/mol. The minimum absolute atomic E-state index is 0.00622. The Morgan fingerprint density at radius 3 is 2.34 bits per heavy atom. The summed E-state index contributed by atoms with van der Waals surface area (Å²) in [5.41, 5.74) is 2.98. The number of carbonyl (C=O) groups excluding carboxylic acids is 1. The van der Waals surface area contributed by atoms with Crippen LogP contribution in [-0.2, 0) is 22.4 Å². The molecule has 7 heteroatoms. The highest BCUT2D eigenvalue weighted by molar-refractivity contribution is 7.17. The van der Waals surface area contributed by atoms with Crippen LogP contribution in [-0.4, -0.2) is 27.0 Å².